The average molecular weight is 551 g/mol. The highest BCUT2D eigenvalue weighted by molar-refractivity contribution is 5.97. The van der Waals surface area contributed by atoms with Crippen LogP contribution in [0.2, 0.25) is 0 Å². The van der Waals surface area contributed by atoms with Crippen molar-refractivity contribution >= 4 is 23.5 Å². The molecule has 0 aliphatic carbocycles. The summed E-state index contributed by atoms with van der Waals surface area (Å²) in [6, 6.07) is 13.7. The minimum absolute atomic E-state index is 0.180. The molecular formula is C30H38N4O6. The van der Waals surface area contributed by atoms with E-state index in [1.807, 2.05) is 54.4 Å². The fourth-order valence-corrected chi connectivity index (χ4v) is 4.90. The number of epoxide rings is 1. The Balaban J connectivity index is 1.48. The summed E-state index contributed by atoms with van der Waals surface area (Å²) in [5.74, 6) is -0.725. The van der Waals surface area contributed by atoms with Crippen molar-refractivity contribution in [3.8, 4) is 5.75 Å². The smallest absolute Gasteiger partial charge is 0.243 e. The summed E-state index contributed by atoms with van der Waals surface area (Å²) >= 11 is 0. The number of likely N-dealkylation sites (tertiary alicyclic amines) is 1. The number of hydrogen-bond acceptors (Lipinski definition) is 7. The third-order valence-corrected chi connectivity index (χ3v) is 7.40. The highest BCUT2D eigenvalue weighted by atomic mass is 16.6. The molecule has 2 aliphatic rings. The first-order valence-corrected chi connectivity index (χ1v) is 13.7. The molecule has 0 bridgehead atoms. The van der Waals surface area contributed by atoms with Crippen molar-refractivity contribution < 1.29 is 28.7 Å². The predicted molar refractivity (Wildman–Crippen MR) is 149 cm³/mol. The van der Waals surface area contributed by atoms with E-state index in [0.29, 0.717) is 18.8 Å². The van der Waals surface area contributed by atoms with Crippen molar-refractivity contribution in [3.05, 3.63) is 65.7 Å². The lowest BCUT2D eigenvalue weighted by Gasteiger charge is -2.25. The molecule has 0 saturated carbocycles. The van der Waals surface area contributed by atoms with Crippen molar-refractivity contribution in [2.24, 2.45) is 0 Å². The Morgan fingerprint density at radius 2 is 1.55 bits per heavy atom. The summed E-state index contributed by atoms with van der Waals surface area (Å²) in [6.07, 6.45) is 1.61. The largest absolute Gasteiger partial charge is 0.497 e. The van der Waals surface area contributed by atoms with Gasteiger partial charge < -0.3 is 25.4 Å². The van der Waals surface area contributed by atoms with Gasteiger partial charge in [-0.1, -0.05) is 42.5 Å². The first kappa shape index (κ1) is 29.2. The molecule has 3 amide bonds. The number of methoxy groups -OCH3 is 1. The number of nitrogens with zero attached hydrogens (tertiary/aromatic N) is 1. The van der Waals surface area contributed by atoms with Crippen LogP contribution < -0.4 is 20.7 Å². The van der Waals surface area contributed by atoms with Gasteiger partial charge in [-0.3, -0.25) is 24.1 Å². The maximum absolute atomic E-state index is 13.6. The maximum Gasteiger partial charge on any atom is 0.243 e. The average Bonchev–Trinajstić information content (AvgIpc) is 3.72. The number of nitrogens with one attached hydrogen (secondary N) is 3. The molecule has 10 heteroatoms. The molecule has 4 rings (SSSR count). The highest BCUT2D eigenvalue weighted by Crippen LogP contribution is 2.17. The molecule has 214 valence electrons. The molecule has 3 N–H and O–H groups in total. The molecule has 0 radical (unpaired) electrons. The number of rotatable bonds is 13. The van der Waals surface area contributed by atoms with Crippen molar-refractivity contribution in [2.75, 3.05) is 27.3 Å². The first-order valence-electron chi connectivity index (χ1n) is 13.7. The Morgan fingerprint density at radius 3 is 2.15 bits per heavy atom. The molecule has 2 aliphatic heterocycles. The standard InChI is InChI=1S/C30H38N4O6/c1-19(31-30(38)25-10-7-15-34(25)2)28(36)33-24(17-21-11-13-22(39-3)14-12-21)29(37)32-23(27(35)26-18-40-26)16-20-8-5-4-6-9-20/h4-6,8-9,11-14,19,23-26H,7,10,15-18H2,1-3H3,(H,31,38)(H,32,37)(H,33,36)/t19-,23-,24-,25+,26+/m0/s1. The number of ether oxygens (including phenoxy) is 2. The normalized spacial score (nSPS) is 20.6. The Labute approximate surface area is 234 Å². The Morgan fingerprint density at radius 1 is 0.925 bits per heavy atom. The number of Topliss-reactive ketones (excluding diaryl/α,β-unsaturated/α-hetero) is 1. The quantitative estimate of drug-likeness (QED) is 0.318. The molecule has 2 aromatic rings. The van der Waals surface area contributed by atoms with Gasteiger partial charge in [0.1, 0.15) is 23.9 Å². The fourth-order valence-electron chi connectivity index (χ4n) is 4.90. The van der Waals surface area contributed by atoms with Crippen LogP contribution in [0.4, 0.5) is 0 Å². The minimum Gasteiger partial charge on any atom is -0.497 e. The number of benzene rings is 2. The molecule has 2 heterocycles. The van der Waals surface area contributed by atoms with Crippen LogP contribution in [0.15, 0.2) is 54.6 Å². The van der Waals surface area contributed by atoms with E-state index in [1.165, 1.54) is 0 Å². The second kappa shape index (κ2) is 13.5. The van der Waals surface area contributed by atoms with Crippen molar-refractivity contribution in [2.45, 2.75) is 62.9 Å². The van der Waals surface area contributed by atoms with Gasteiger partial charge in [0, 0.05) is 6.42 Å². The van der Waals surface area contributed by atoms with Crippen LogP contribution in [0.3, 0.4) is 0 Å². The molecule has 40 heavy (non-hydrogen) atoms. The van der Waals surface area contributed by atoms with Gasteiger partial charge in [-0.05, 0) is 63.0 Å². The van der Waals surface area contributed by atoms with Gasteiger partial charge in [0.25, 0.3) is 0 Å². The number of likely N-dealkylation sites (N-methyl/N-ethyl adjacent to an activating group) is 1. The molecule has 5 atom stereocenters. The van der Waals surface area contributed by atoms with Gasteiger partial charge in [0.2, 0.25) is 17.7 Å². The van der Waals surface area contributed by atoms with E-state index < -0.39 is 36.0 Å². The first-order chi connectivity index (χ1) is 19.2. The van der Waals surface area contributed by atoms with Crippen LogP contribution in [-0.4, -0.2) is 86.0 Å². The summed E-state index contributed by atoms with van der Waals surface area (Å²) in [7, 11) is 3.45. The molecule has 0 aromatic heterocycles. The van der Waals surface area contributed by atoms with Crippen LogP contribution >= 0.6 is 0 Å². The van der Waals surface area contributed by atoms with E-state index in [2.05, 4.69) is 16.0 Å². The lowest BCUT2D eigenvalue weighted by Crippen LogP contribution is -2.57. The molecule has 10 nitrogen and oxygen atoms in total. The van der Waals surface area contributed by atoms with Crippen LogP contribution in [0, 0.1) is 0 Å². The summed E-state index contributed by atoms with van der Waals surface area (Å²) in [6.45, 7) is 2.76. The van der Waals surface area contributed by atoms with E-state index in [9.17, 15) is 19.2 Å². The third-order valence-electron chi connectivity index (χ3n) is 7.40. The van der Waals surface area contributed by atoms with Crippen molar-refractivity contribution in [3.63, 3.8) is 0 Å². The Bertz CT molecular complexity index is 1180. The Hall–Kier alpha value is -3.76. The molecular weight excluding hydrogens is 512 g/mol. The van der Waals surface area contributed by atoms with Gasteiger partial charge in [-0.2, -0.15) is 0 Å². The van der Waals surface area contributed by atoms with Gasteiger partial charge in [0.15, 0.2) is 5.78 Å². The van der Waals surface area contributed by atoms with Crippen LogP contribution in [-0.2, 0) is 36.8 Å². The molecule has 2 fully saturated rings. The van der Waals surface area contributed by atoms with E-state index in [1.54, 1.807) is 26.2 Å². The summed E-state index contributed by atoms with van der Waals surface area (Å²) in [4.78, 5) is 54.5. The summed E-state index contributed by atoms with van der Waals surface area (Å²) in [5, 5.41) is 8.44. The fraction of sp³-hybridized carbons (Fsp3) is 0.467. The van der Waals surface area contributed by atoms with Crippen LogP contribution in [0.5, 0.6) is 5.75 Å². The number of amides is 3. The highest BCUT2D eigenvalue weighted by Gasteiger charge is 2.38. The van der Waals surface area contributed by atoms with E-state index in [4.69, 9.17) is 9.47 Å². The zero-order valence-corrected chi connectivity index (χ0v) is 23.2. The lowest BCUT2D eigenvalue weighted by atomic mass is 9.99. The predicted octanol–water partition coefficient (Wildman–Crippen LogP) is 1.02. The van der Waals surface area contributed by atoms with Gasteiger partial charge >= 0.3 is 0 Å². The van der Waals surface area contributed by atoms with E-state index in [-0.39, 0.29) is 24.2 Å². The second-order valence-electron chi connectivity index (χ2n) is 10.5. The van der Waals surface area contributed by atoms with Gasteiger partial charge in [-0.15, -0.1) is 0 Å². The number of carbonyl (C=O) groups is 4. The van der Waals surface area contributed by atoms with Crippen LogP contribution in [0.25, 0.3) is 0 Å². The SMILES string of the molecule is COc1ccc(C[C@H](NC(=O)[C@H](C)NC(=O)[C@H]2CCCN2C)C(=O)N[C@@H](Cc2ccccc2)C(=O)[C@H]2CO2)cc1. The monoisotopic (exact) mass is 550 g/mol. The van der Waals surface area contributed by atoms with Crippen molar-refractivity contribution in [1.29, 1.82) is 0 Å². The summed E-state index contributed by atoms with van der Waals surface area (Å²) < 4.78 is 10.4. The molecule has 2 saturated heterocycles. The van der Waals surface area contributed by atoms with E-state index >= 15 is 0 Å². The number of ketones is 1. The number of hydrogen-bond donors (Lipinski definition) is 3. The number of carbonyl (C=O) groups excluding carboxylic acids is 4. The topological polar surface area (TPSA) is 129 Å². The zero-order valence-electron chi connectivity index (χ0n) is 23.2. The zero-order chi connectivity index (χ0) is 28.6. The molecule has 0 spiro atoms. The van der Waals surface area contributed by atoms with E-state index in [0.717, 1.165) is 30.5 Å². The lowest BCUT2D eigenvalue weighted by molar-refractivity contribution is -0.134. The molecule has 0 unspecified atom stereocenters. The van der Waals surface area contributed by atoms with Crippen molar-refractivity contribution in [1.82, 2.24) is 20.9 Å². The third kappa shape index (κ3) is 7.89. The van der Waals surface area contributed by atoms with Crippen LogP contribution in [0.1, 0.15) is 30.9 Å². The van der Waals surface area contributed by atoms with Gasteiger partial charge in [0.05, 0.1) is 25.8 Å². The minimum atomic E-state index is -0.986. The Kier molecular flexibility index (Phi) is 9.89. The summed E-state index contributed by atoms with van der Waals surface area (Å²) in [5.41, 5.74) is 1.69. The second-order valence-corrected chi connectivity index (χ2v) is 10.5. The van der Waals surface area contributed by atoms with Gasteiger partial charge in [-0.25, -0.2) is 0 Å². The molecule has 2 aromatic carbocycles. The maximum atomic E-state index is 13.6.